The molecule has 1 unspecified atom stereocenters. The van der Waals surface area contributed by atoms with Crippen LogP contribution in [0.4, 0.5) is 0 Å². The molecule has 1 atom stereocenters. The van der Waals surface area contributed by atoms with Crippen molar-refractivity contribution in [1.82, 2.24) is 40.1 Å². The Hall–Kier alpha value is -2.84. The Balaban J connectivity index is 1.86. The Bertz CT molecular complexity index is 791. The number of fused-ring (bicyclic) bond motifs is 1. The molecule has 0 spiro atoms. The molecule has 0 aliphatic carbocycles. The van der Waals surface area contributed by atoms with Crippen LogP contribution in [0.5, 0.6) is 0 Å². The summed E-state index contributed by atoms with van der Waals surface area (Å²) in [5.41, 5.74) is 1.70. The van der Waals surface area contributed by atoms with Crippen molar-refractivity contribution in [3.63, 3.8) is 0 Å². The zero-order chi connectivity index (χ0) is 15.0. The van der Waals surface area contributed by atoms with Gasteiger partial charge in [-0.2, -0.15) is 10.1 Å². The normalized spacial score (nSPS) is 12.5. The third-order valence-corrected chi connectivity index (χ3v) is 3.01. The van der Waals surface area contributed by atoms with E-state index in [1.54, 1.807) is 11.4 Å². The number of nitrogens with one attached hydrogen (secondary N) is 2. The van der Waals surface area contributed by atoms with Gasteiger partial charge in [-0.3, -0.25) is 9.89 Å². The third-order valence-electron chi connectivity index (χ3n) is 3.01. The van der Waals surface area contributed by atoms with E-state index in [-0.39, 0.29) is 17.8 Å². The molecule has 3 aromatic rings. The molecule has 0 saturated carbocycles. The Labute approximate surface area is 119 Å². The molecule has 108 valence electrons. The van der Waals surface area contributed by atoms with Gasteiger partial charge in [-0.25, -0.2) is 14.5 Å². The van der Waals surface area contributed by atoms with E-state index in [1.165, 1.54) is 6.33 Å². The number of aromatic amines is 1. The van der Waals surface area contributed by atoms with Crippen molar-refractivity contribution in [2.75, 3.05) is 0 Å². The lowest BCUT2D eigenvalue weighted by Crippen LogP contribution is -2.28. The van der Waals surface area contributed by atoms with Gasteiger partial charge in [0, 0.05) is 11.4 Å². The second-order valence-electron chi connectivity index (χ2n) is 4.75. The van der Waals surface area contributed by atoms with Crippen molar-refractivity contribution in [2.24, 2.45) is 0 Å². The monoisotopic (exact) mass is 286 g/mol. The Morgan fingerprint density at radius 2 is 2.19 bits per heavy atom. The van der Waals surface area contributed by atoms with Crippen LogP contribution in [0.1, 0.15) is 40.8 Å². The first-order valence-electron chi connectivity index (χ1n) is 6.42. The number of aryl methyl sites for hydroxylation is 2. The highest BCUT2D eigenvalue weighted by atomic mass is 16.2. The lowest BCUT2D eigenvalue weighted by molar-refractivity contribution is 0.0928. The van der Waals surface area contributed by atoms with E-state index in [0.717, 1.165) is 11.4 Å². The molecular formula is C12H14N8O. The van der Waals surface area contributed by atoms with Crippen LogP contribution in [-0.2, 0) is 0 Å². The fourth-order valence-corrected chi connectivity index (χ4v) is 2.02. The first-order valence-corrected chi connectivity index (χ1v) is 6.42. The first kappa shape index (κ1) is 13.2. The smallest absolute Gasteiger partial charge is 0.291 e. The molecule has 0 bridgehead atoms. The van der Waals surface area contributed by atoms with Crippen molar-refractivity contribution in [2.45, 2.75) is 26.8 Å². The summed E-state index contributed by atoms with van der Waals surface area (Å²) in [6, 6.07) is 1.56. The molecule has 9 nitrogen and oxygen atoms in total. The summed E-state index contributed by atoms with van der Waals surface area (Å²) in [5.74, 6) is 0.659. The van der Waals surface area contributed by atoms with E-state index < -0.39 is 0 Å². The summed E-state index contributed by atoms with van der Waals surface area (Å²) in [6.45, 7) is 5.55. The van der Waals surface area contributed by atoms with Gasteiger partial charge in [0.05, 0.1) is 6.04 Å². The van der Waals surface area contributed by atoms with Gasteiger partial charge in [-0.05, 0) is 26.8 Å². The topological polar surface area (TPSA) is 114 Å². The van der Waals surface area contributed by atoms with Gasteiger partial charge in [0.25, 0.3) is 11.7 Å². The van der Waals surface area contributed by atoms with Crippen LogP contribution in [0.15, 0.2) is 12.4 Å². The van der Waals surface area contributed by atoms with Gasteiger partial charge in [-0.1, -0.05) is 0 Å². The highest BCUT2D eigenvalue weighted by Gasteiger charge is 2.18. The average molecular weight is 286 g/mol. The molecule has 0 radical (unpaired) electrons. The number of rotatable bonds is 3. The summed E-state index contributed by atoms with van der Waals surface area (Å²) in [4.78, 5) is 24.6. The molecule has 2 N–H and O–H groups in total. The highest BCUT2D eigenvalue weighted by molar-refractivity contribution is 5.91. The summed E-state index contributed by atoms with van der Waals surface area (Å²) < 4.78 is 1.54. The molecule has 3 heterocycles. The van der Waals surface area contributed by atoms with Crippen LogP contribution < -0.4 is 5.32 Å². The molecule has 9 heteroatoms. The Morgan fingerprint density at radius 3 is 2.90 bits per heavy atom. The summed E-state index contributed by atoms with van der Waals surface area (Å²) in [7, 11) is 0. The molecule has 0 aliphatic rings. The first-order chi connectivity index (χ1) is 10.0. The van der Waals surface area contributed by atoms with Crippen LogP contribution in [0, 0.1) is 13.8 Å². The van der Waals surface area contributed by atoms with Gasteiger partial charge in [-0.15, -0.1) is 5.10 Å². The molecule has 1 amide bonds. The minimum atomic E-state index is -0.388. The quantitative estimate of drug-likeness (QED) is 0.718. The van der Waals surface area contributed by atoms with E-state index in [9.17, 15) is 4.79 Å². The van der Waals surface area contributed by atoms with Gasteiger partial charge in [0.1, 0.15) is 12.2 Å². The molecular weight excluding hydrogens is 272 g/mol. The lowest BCUT2D eigenvalue weighted by atomic mass is 10.3. The van der Waals surface area contributed by atoms with Crippen LogP contribution in [0.3, 0.4) is 0 Å². The largest absolute Gasteiger partial charge is 0.340 e. The molecule has 0 fully saturated rings. The van der Waals surface area contributed by atoms with Crippen molar-refractivity contribution < 1.29 is 4.79 Å². The predicted octanol–water partition coefficient (Wildman–Crippen LogP) is 0.350. The van der Waals surface area contributed by atoms with Crippen molar-refractivity contribution in [3.05, 3.63) is 35.4 Å². The maximum absolute atomic E-state index is 12.2. The average Bonchev–Trinajstić information content (AvgIpc) is 3.07. The van der Waals surface area contributed by atoms with Crippen molar-refractivity contribution in [3.8, 4) is 0 Å². The molecule has 3 rings (SSSR count). The number of H-pyrrole nitrogens is 1. The van der Waals surface area contributed by atoms with Crippen LogP contribution >= 0.6 is 0 Å². The molecule has 3 aromatic heterocycles. The number of nitrogens with zero attached hydrogens (tertiary/aromatic N) is 6. The van der Waals surface area contributed by atoms with Gasteiger partial charge < -0.3 is 5.32 Å². The maximum atomic E-state index is 12.2. The number of carbonyl (C=O) groups is 1. The zero-order valence-corrected chi connectivity index (χ0v) is 11.8. The van der Waals surface area contributed by atoms with E-state index in [1.807, 2.05) is 19.9 Å². The number of aromatic nitrogens is 7. The molecule has 21 heavy (non-hydrogen) atoms. The molecule has 0 aromatic carbocycles. The van der Waals surface area contributed by atoms with E-state index >= 15 is 0 Å². The summed E-state index contributed by atoms with van der Waals surface area (Å²) >= 11 is 0. The number of amides is 1. The van der Waals surface area contributed by atoms with Crippen molar-refractivity contribution in [1.29, 1.82) is 0 Å². The molecule has 0 aliphatic heterocycles. The number of carbonyl (C=O) groups excluding carboxylic acids is 1. The summed E-state index contributed by atoms with van der Waals surface area (Å²) in [5, 5.41) is 13.4. The van der Waals surface area contributed by atoms with Crippen molar-refractivity contribution >= 4 is 11.7 Å². The number of hydrogen-bond acceptors (Lipinski definition) is 6. The van der Waals surface area contributed by atoms with Gasteiger partial charge in [0.15, 0.2) is 0 Å². The molecule has 0 saturated heterocycles. The highest BCUT2D eigenvalue weighted by Crippen LogP contribution is 2.08. The fourth-order valence-electron chi connectivity index (χ4n) is 2.02. The summed E-state index contributed by atoms with van der Waals surface area (Å²) in [6.07, 6.45) is 1.39. The second-order valence-corrected chi connectivity index (χ2v) is 4.75. The van der Waals surface area contributed by atoms with Gasteiger partial charge in [0.2, 0.25) is 5.82 Å². The maximum Gasteiger partial charge on any atom is 0.291 e. The van der Waals surface area contributed by atoms with Crippen LogP contribution in [0.2, 0.25) is 0 Å². The minimum Gasteiger partial charge on any atom is -0.340 e. The minimum absolute atomic E-state index is 0.0718. The van der Waals surface area contributed by atoms with E-state index in [0.29, 0.717) is 11.6 Å². The van der Waals surface area contributed by atoms with Gasteiger partial charge >= 0.3 is 0 Å². The van der Waals surface area contributed by atoms with E-state index in [4.69, 9.17) is 0 Å². The van der Waals surface area contributed by atoms with E-state index in [2.05, 4.69) is 35.6 Å². The lowest BCUT2D eigenvalue weighted by Gasteiger charge is -2.08. The third kappa shape index (κ3) is 2.45. The SMILES string of the molecule is Cc1cc(C)n2nc(C(=O)NC(C)c3ncn[nH]3)nc2n1. The van der Waals surface area contributed by atoms with Crippen LogP contribution in [0.25, 0.3) is 5.78 Å². The zero-order valence-electron chi connectivity index (χ0n) is 11.8. The fraction of sp³-hybridized carbons (Fsp3) is 0.333. The predicted molar refractivity (Wildman–Crippen MR) is 72.5 cm³/mol. The Morgan fingerprint density at radius 1 is 1.38 bits per heavy atom. The standard InChI is InChI=1S/C12H14N8O/c1-6-4-7(2)20-12(15-6)17-10(19-20)11(21)16-8(3)9-13-5-14-18-9/h4-5,8H,1-3H3,(H,16,21)(H,13,14,18). The van der Waals surface area contributed by atoms with Crippen LogP contribution in [-0.4, -0.2) is 40.7 Å². The number of hydrogen-bond donors (Lipinski definition) is 2. The second kappa shape index (κ2) is 4.93. The Kier molecular flexibility index (Phi) is 3.09.